The van der Waals surface area contributed by atoms with Gasteiger partial charge >= 0.3 is 0 Å². The van der Waals surface area contributed by atoms with E-state index < -0.39 is 0 Å². The van der Waals surface area contributed by atoms with E-state index >= 15 is 0 Å². The Kier molecular flexibility index (Phi) is 4.85. The molecule has 0 saturated carbocycles. The van der Waals surface area contributed by atoms with E-state index in [1.165, 1.54) is 0 Å². The van der Waals surface area contributed by atoms with Gasteiger partial charge in [0, 0.05) is 30.2 Å². The fourth-order valence-corrected chi connectivity index (χ4v) is 3.94. The largest absolute Gasteiger partial charge is 0.493 e. The molecule has 0 aliphatic carbocycles. The van der Waals surface area contributed by atoms with Crippen molar-refractivity contribution in [1.29, 1.82) is 0 Å². The minimum absolute atomic E-state index is 0.203. The summed E-state index contributed by atoms with van der Waals surface area (Å²) in [4.78, 5) is 20.2. The summed E-state index contributed by atoms with van der Waals surface area (Å²) in [5.41, 5.74) is 8.64. The first-order chi connectivity index (χ1) is 13.2. The standard InChI is InChI=1S/C18H20N6O2S/c1-25-13-4-3-11(9-14(13)26-2)12-10-20-15-16(21-12)22-18(19)23-17(15)24-5-7-27-8-6-24/h3-4,9-10H,5-8H2,1-2H3,(H2,19,21,22,23). The number of benzene rings is 1. The Morgan fingerprint density at radius 1 is 1.04 bits per heavy atom. The average molecular weight is 384 g/mol. The summed E-state index contributed by atoms with van der Waals surface area (Å²) >= 11 is 1.93. The van der Waals surface area contributed by atoms with Crippen molar-refractivity contribution in [2.75, 3.05) is 49.4 Å². The van der Waals surface area contributed by atoms with E-state index in [-0.39, 0.29) is 5.95 Å². The van der Waals surface area contributed by atoms with E-state index in [1.54, 1.807) is 20.4 Å². The molecular weight excluding hydrogens is 364 g/mol. The predicted octanol–water partition coefficient (Wildman–Crippen LogP) is 2.24. The quantitative estimate of drug-likeness (QED) is 0.726. The van der Waals surface area contributed by atoms with Gasteiger partial charge in [-0.1, -0.05) is 0 Å². The number of hydrogen-bond acceptors (Lipinski definition) is 9. The Balaban J connectivity index is 1.78. The molecule has 8 nitrogen and oxygen atoms in total. The van der Waals surface area contributed by atoms with Crippen LogP contribution >= 0.6 is 11.8 Å². The number of hydrogen-bond donors (Lipinski definition) is 1. The Morgan fingerprint density at radius 3 is 2.56 bits per heavy atom. The van der Waals surface area contributed by atoms with Gasteiger partial charge < -0.3 is 20.1 Å². The van der Waals surface area contributed by atoms with E-state index in [9.17, 15) is 0 Å². The second-order valence-electron chi connectivity index (χ2n) is 6.00. The predicted molar refractivity (Wildman–Crippen MR) is 108 cm³/mol. The minimum Gasteiger partial charge on any atom is -0.493 e. The normalized spacial score (nSPS) is 14.4. The molecule has 27 heavy (non-hydrogen) atoms. The fraction of sp³-hybridized carbons (Fsp3) is 0.333. The monoisotopic (exact) mass is 384 g/mol. The number of fused-ring (bicyclic) bond motifs is 1. The van der Waals surface area contributed by atoms with Crippen LogP contribution in [0.3, 0.4) is 0 Å². The van der Waals surface area contributed by atoms with Crippen LogP contribution in [-0.2, 0) is 0 Å². The van der Waals surface area contributed by atoms with Gasteiger partial charge in [0.1, 0.15) is 0 Å². The number of anilines is 2. The first-order valence-electron chi connectivity index (χ1n) is 8.55. The molecule has 1 saturated heterocycles. The van der Waals surface area contributed by atoms with Gasteiger partial charge in [0.05, 0.1) is 26.1 Å². The van der Waals surface area contributed by atoms with Crippen molar-refractivity contribution in [3.63, 3.8) is 0 Å². The first kappa shape index (κ1) is 17.6. The average Bonchev–Trinajstić information content (AvgIpc) is 2.72. The van der Waals surface area contributed by atoms with Crippen molar-refractivity contribution in [2.45, 2.75) is 0 Å². The van der Waals surface area contributed by atoms with Crippen LogP contribution in [0.5, 0.6) is 11.5 Å². The maximum Gasteiger partial charge on any atom is 0.224 e. The summed E-state index contributed by atoms with van der Waals surface area (Å²) in [5, 5.41) is 0. The number of ether oxygens (including phenoxy) is 2. The van der Waals surface area contributed by atoms with E-state index in [0.29, 0.717) is 28.4 Å². The Labute approximate surface area is 161 Å². The van der Waals surface area contributed by atoms with E-state index in [4.69, 9.17) is 15.2 Å². The van der Waals surface area contributed by atoms with Gasteiger partial charge in [-0.05, 0) is 18.2 Å². The second kappa shape index (κ2) is 7.43. The molecule has 0 radical (unpaired) electrons. The second-order valence-corrected chi connectivity index (χ2v) is 7.23. The van der Waals surface area contributed by atoms with Gasteiger partial charge in [0.15, 0.2) is 28.5 Å². The number of nitrogen functional groups attached to an aromatic ring is 1. The smallest absolute Gasteiger partial charge is 0.224 e. The number of rotatable bonds is 4. The summed E-state index contributed by atoms with van der Waals surface area (Å²) in [6, 6.07) is 5.61. The van der Waals surface area contributed by atoms with Crippen LogP contribution in [0.15, 0.2) is 24.4 Å². The molecule has 2 N–H and O–H groups in total. The van der Waals surface area contributed by atoms with Crippen LogP contribution in [0, 0.1) is 0 Å². The van der Waals surface area contributed by atoms with Gasteiger partial charge in [-0.25, -0.2) is 9.97 Å². The summed E-state index contributed by atoms with van der Waals surface area (Å²) in [5.74, 6) is 4.36. The third kappa shape index (κ3) is 3.42. The minimum atomic E-state index is 0.203. The van der Waals surface area contributed by atoms with Crippen molar-refractivity contribution in [3.05, 3.63) is 24.4 Å². The molecule has 0 bridgehead atoms. The molecule has 0 atom stereocenters. The Hall–Kier alpha value is -2.81. The van der Waals surface area contributed by atoms with Crippen molar-refractivity contribution < 1.29 is 9.47 Å². The third-order valence-electron chi connectivity index (χ3n) is 4.40. The highest BCUT2D eigenvalue weighted by atomic mass is 32.2. The zero-order valence-corrected chi connectivity index (χ0v) is 16.0. The van der Waals surface area contributed by atoms with Crippen LogP contribution in [0.4, 0.5) is 11.8 Å². The van der Waals surface area contributed by atoms with Crippen molar-refractivity contribution in [1.82, 2.24) is 19.9 Å². The summed E-state index contributed by atoms with van der Waals surface area (Å²) in [6.07, 6.45) is 1.73. The Morgan fingerprint density at radius 2 is 1.81 bits per heavy atom. The number of aromatic nitrogens is 4. The van der Waals surface area contributed by atoms with E-state index in [1.807, 2.05) is 30.0 Å². The molecule has 1 fully saturated rings. The van der Waals surface area contributed by atoms with Crippen LogP contribution in [-0.4, -0.2) is 58.8 Å². The van der Waals surface area contributed by atoms with Gasteiger partial charge in [-0.3, -0.25) is 0 Å². The van der Waals surface area contributed by atoms with Crippen molar-refractivity contribution >= 4 is 34.7 Å². The maximum atomic E-state index is 5.95. The van der Waals surface area contributed by atoms with Crippen molar-refractivity contribution in [3.8, 4) is 22.8 Å². The molecular formula is C18H20N6O2S. The molecule has 3 heterocycles. The molecule has 0 spiro atoms. The lowest BCUT2D eigenvalue weighted by molar-refractivity contribution is 0.355. The van der Waals surface area contributed by atoms with Crippen LogP contribution in [0.2, 0.25) is 0 Å². The third-order valence-corrected chi connectivity index (χ3v) is 5.34. The summed E-state index contributed by atoms with van der Waals surface area (Å²) in [7, 11) is 3.21. The molecule has 1 aromatic carbocycles. The molecule has 2 aromatic heterocycles. The molecule has 1 aliphatic heterocycles. The highest BCUT2D eigenvalue weighted by Crippen LogP contribution is 2.32. The lowest BCUT2D eigenvalue weighted by Crippen LogP contribution is -2.33. The van der Waals surface area contributed by atoms with Gasteiger partial charge in [-0.15, -0.1) is 0 Å². The van der Waals surface area contributed by atoms with Gasteiger partial charge in [0.25, 0.3) is 0 Å². The molecule has 4 rings (SSSR count). The summed E-state index contributed by atoms with van der Waals surface area (Å²) in [6.45, 7) is 1.82. The SMILES string of the molecule is COc1ccc(-c2cnc3c(N4CCSCC4)nc(N)nc3n2)cc1OC. The topological polar surface area (TPSA) is 99.3 Å². The Bertz CT molecular complexity index is 977. The molecule has 0 amide bonds. The lowest BCUT2D eigenvalue weighted by atomic mass is 10.1. The van der Waals surface area contributed by atoms with Gasteiger partial charge in [0.2, 0.25) is 5.95 Å². The lowest BCUT2D eigenvalue weighted by Gasteiger charge is -2.27. The summed E-state index contributed by atoms with van der Waals surface area (Å²) < 4.78 is 10.7. The maximum absolute atomic E-state index is 5.95. The van der Waals surface area contributed by atoms with E-state index in [2.05, 4.69) is 24.8 Å². The highest BCUT2D eigenvalue weighted by molar-refractivity contribution is 7.99. The van der Waals surface area contributed by atoms with Crippen molar-refractivity contribution in [2.24, 2.45) is 0 Å². The number of methoxy groups -OCH3 is 2. The molecule has 140 valence electrons. The molecule has 9 heteroatoms. The zero-order chi connectivity index (χ0) is 18.8. The number of thioether (sulfide) groups is 1. The highest BCUT2D eigenvalue weighted by Gasteiger charge is 2.19. The van der Waals surface area contributed by atoms with E-state index in [0.717, 1.165) is 36.0 Å². The van der Waals surface area contributed by atoms with Crippen LogP contribution < -0.4 is 20.1 Å². The first-order valence-corrected chi connectivity index (χ1v) is 9.70. The molecule has 3 aromatic rings. The molecule has 0 unspecified atom stereocenters. The fourth-order valence-electron chi connectivity index (χ4n) is 3.04. The molecule has 1 aliphatic rings. The zero-order valence-electron chi connectivity index (χ0n) is 15.2. The van der Waals surface area contributed by atoms with Crippen LogP contribution in [0.25, 0.3) is 22.4 Å². The van der Waals surface area contributed by atoms with Gasteiger partial charge in [-0.2, -0.15) is 21.7 Å². The number of nitrogens with two attached hydrogens (primary N) is 1. The van der Waals surface area contributed by atoms with Crippen LogP contribution in [0.1, 0.15) is 0 Å². The number of nitrogens with zero attached hydrogens (tertiary/aromatic N) is 5.